The first kappa shape index (κ1) is 15.1. The van der Waals surface area contributed by atoms with E-state index in [0.29, 0.717) is 10.9 Å². The first-order valence-electron chi connectivity index (χ1n) is 8.02. The summed E-state index contributed by atoms with van der Waals surface area (Å²) in [6.45, 7) is 3.85. The maximum Gasteiger partial charge on any atom is 0.250 e. The second-order valence-corrected chi connectivity index (χ2v) is 6.41. The van der Waals surface area contributed by atoms with Gasteiger partial charge in [-0.3, -0.25) is 0 Å². The lowest BCUT2D eigenvalue weighted by Gasteiger charge is -2.32. The van der Waals surface area contributed by atoms with E-state index in [1.54, 1.807) is 11.0 Å². The molecule has 0 radical (unpaired) electrons. The number of para-hydroxylation sites is 1. The molecule has 0 saturated carbocycles. The van der Waals surface area contributed by atoms with Gasteiger partial charge in [-0.25, -0.2) is 4.98 Å². The van der Waals surface area contributed by atoms with Gasteiger partial charge in [0.15, 0.2) is 0 Å². The average Bonchev–Trinajstić information content (AvgIpc) is 3.24. The van der Waals surface area contributed by atoms with E-state index in [9.17, 15) is 0 Å². The van der Waals surface area contributed by atoms with Crippen LogP contribution in [-0.4, -0.2) is 43.3 Å². The van der Waals surface area contributed by atoms with Crippen LogP contribution in [0.25, 0.3) is 5.69 Å². The Kier molecular flexibility index (Phi) is 3.93. The van der Waals surface area contributed by atoms with Crippen LogP contribution in [0, 0.1) is 6.92 Å². The van der Waals surface area contributed by atoms with Gasteiger partial charge in [-0.2, -0.15) is 4.68 Å². The number of nitrogens with zero attached hydrogens (tertiary/aromatic N) is 6. The molecular weight excluding hydrogens is 326 g/mol. The van der Waals surface area contributed by atoms with Gasteiger partial charge in [0.05, 0.1) is 22.7 Å². The Labute approximate surface area is 144 Å². The summed E-state index contributed by atoms with van der Waals surface area (Å²) in [5.41, 5.74) is 3.14. The van der Waals surface area contributed by atoms with Crippen molar-refractivity contribution in [1.29, 1.82) is 0 Å². The minimum Gasteiger partial charge on any atom is -0.348 e. The van der Waals surface area contributed by atoms with Crippen molar-refractivity contribution in [3.63, 3.8) is 0 Å². The highest BCUT2D eigenvalue weighted by molar-refractivity contribution is 6.32. The molecule has 4 rings (SSSR count). The van der Waals surface area contributed by atoms with E-state index in [1.165, 1.54) is 5.69 Å². The fraction of sp³-hybridized carbons (Fsp3) is 0.375. The summed E-state index contributed by atoms with van der Waals surface area (Å²) in [4.78, 5) is 9.79. The number of aromatic amines is 1. The molecule has 124 valence electrons. The average molecular weight is 344 g/mol. The number of benzene rings is 1. The molecule has 24 heavy (non-hydrogen) atoms. The highest BCUT2D eigenvalue weighted by Crippen LogP contribution is 2.31. The predicted molar refractivity (Wildman–Crippen MR) is 91.7 cm³/mol. The zero-order valence-electron chi connectivity index (χ0n) is 13.4. The van der Waals surface area contributed by atoms with Crippen molar-refractivity contribution < 1.29 is 0 Å². The van der Waals surface area contributed by atoms with E-state index >= 15 is 0 Å². The van der Waals surface area contributed by atoms with Crippen LogP contribution in [0.5, 0.6) is 0 Å². The number of hydrogen-bond donors (Lipinski definition) is 1. The SMILES string of the molecule is Cc1nc[nH]c1C1CCN(c2nnnn2-c2ccccc2Cl)CC1. The Morgan fingerprint density at radius 3 is 2.71 bits per heavy atom. The number of anilines is 1. The Hall–Kier alpha value is -2.41. The number of imidazole rings is 1. The lowest BCUT2D eigenvalue weighted by Crippen LogP contribution is -2.35. The van der Waals surface area contributed by atoms with Crippen molar-refractivity contribution in [2.24, 2.45) is 0 Å². The molecule has 7 nitrogen and oxygen atoms in total. The van der Waals surface area contributed by atoms with Gasteiger partial charge in [-0.1, -0.05) is 28.8 Å². The number of piperidine rings is 1. The van der Waals surface area contributed by atoms with Gasteiger partial charge in [0.1, 0.15) is 0 Å². The van der Waals surface area contributed by atoms with Gasteiger partial charge < -0.3 is 9.88 Å². The van der Waals surface area contributed by atoms with Crippen LogP contribution in [0.2, 0.25) is 5.02 Å². The molecule has 0 amide bonds. The molecule has 0 unspecified atom stereocenters. The molecule has 1 saturated heterocycles. The van der Waals surface area contributed by atoms with Crippen LogP contribution < -0.4 is 4.90 Å². The summed E-state index contributed by atoms with van der Waals surface area (Å²) in [7, 11) is 0. The van der Waals surface area contributed by atoms with Gasteiger partial charge in [0.2, 0.25) is 5.95 Å². The van der Waals surface area contributed by atoms with Crippen molar-refractivity contribution in [1.82, 2.24) is 30.2 Å². The maximum atomic E-state index is 6.29. The molecule has 0 bridgehead atoms. The quantitative estimate of drug-likeness (QED) is 0.791. The lowest BCUT2D eigenvalue weighted by atomic mass is 9.93. The second-order valence-electron chi connectivity index (χ2n) is 6.01. The zero-order valence-corrected chi connectivity index (χ0v) is 14.1. The summed E-state index contributed by atoms with van der Waals surface area (Å²) < 4.78 is 1.71. The largest absolute Gasteiger partial charge is 0.348 e. The fourth-order valence-electron chi connectivity index (χ4n) is 3.31. The van der Waals surface area contributed by atoms with Gasteiger partial charge in [0, 0.05) is 24.7 Å². The minimum atomic E-state index is 0.508. The van der Waals surface area contributed by atoms with Crippen molar-refractivity contribution in [2.75, 3.05) is 18.0 Å². The molecule has 1 aliphatic heterocycles. The summed E-state index contributed by atoms with van der Waals surface area (Å²) in [6.07, 6.45) is 3.85. The van der Waals surface area contributed by atoms with Crippen molar-refractivity contribution in [2.45, 2.75) is 25.7 Å². The highest BCUT2D eigenvalue weighted by Gasteiger charge is 2.26. The monoisotopic (exact) mass is 343 g/mol. The van der Waals surface area contributed by atoms with E-state index in [1.807, 2.05) is 24.3 Å². The summed E-state index contributed by atoms with van der Waals surface area (Å²) in [5.74, 6) is 1.25. The molecule has 2 aromatic heterocycles. The number of aryl methyl sites for hydroxylation is 1. The molecule has 8 heteroatoms. The molecular formula is C16H18ClN7. The number of halogens is 1. The molecule has 1 N–H and O–H groups in total. The molecule has 0 aliphatic carbocycles. The van der Waals surface area contributed by atoms with Crippen LogP contribution in [-0.2, 0) is 0 Å². The molecule has 1 aliphatic rings. The van der Waals surface area contributed by atoms with Crippen molar-refractivity contribution in [3.8, 4) is 5.69 Å². The summed E-state index contributed by atoms with van der Waals surface area (Å²) >= 11 is 6.29. The van der Waals surface area contributed by atoms with Crippen LogP contribution in [0.15, 0.2) is 30.6 Å². The Balaban J connectivity index is 1.54. The molecule has 0 spiro atoms. The van der Waals surface area contributed by atoms with Crippen molar-refractivity contribution in [3.05, 3.63) is 47.0 Å². The minimum absolute atomic E-state index is 0.508. The third-order valence-electron chi connectivity index (χ3n) is 4.59. The van der Waals surface area contributed by atoms with Crippen LogP contribution in [0.3, 0.4) is 0 Å². The van der Waals surface area contributed by atoms with Crippen LogP contribution in [0.1, 0.15) is 30.1 Å². The predicted octanol–water partition coefficient (Wildman–Crippen LogP) is 2.73. The van der Waals surface area contributed by atoms with E-state index in [0.717, 1.165) is 43.3 Å². The normalized spacial score (nSPS) is 15.8. The Morgan fingerprint density at radius 2 is 2.00 bits per heavy atom. The molecule has 0 atom stereocenters. The maximum absolute atomic E-state index is 6.29. The number of H-pyrrole nitrogens is 1. The Morgan fingerprint density at radius 1 is 1.21 bits per heavy atom. The molecule has 3 aromatic rings. The summed E-state index contributed by atoms with van der Waals surface area (Å²) in [6, 6.07) is 7.59. The van der Waals surface area contributed by atoms with E-state index in [-0.39, 0.29) is 0 Å². The smallest absolute Gasteiger partial charge is 0.250 e. The first-order valence-corrected chi connectivity index (χ1v) is 8.40. The number of aromatic nitrogens is 6. The Bertz CT molecular complexity index is 832. The standard InChI is InChI=1S/C16H18ClN7/c1-11-15(19-10-18-11)12-6-8-23(9-7-12)16-20-21-22-24(16)14-5-3-2-4-13(14)17/h2-5,10,12H,6-9H2,1H3,(H,18,19). The van der Waals surface area contributed by atoms with E-state index in [4.69, 9.17) is 11.6 Å². The first-order chi connectivity index (χ1) is 11.7. The molecule has 1 aromatic carbocycles. The lowest BCUT2D eigenvalue weighted by molar-refractivity contribution is 0.488. The fourth-order valence-corrected chi connectivity index (χ4v) is 3.53. The van der Waals surface area contributed by atoms with Gasteiger partial charge in [-0.15, -0.1) is 0 Å². The number of hydrogen-bond acceptors (Lipinski definition) is 5. The van der Waals surface area contributed by atoms with E-state index < -0.39 is 0 Å². The molecule has 3 heterocycles. The van der Waals surface area contributed by atoms with Gasteiger partial charge in [0.25, 0.3) is 0 Å². The zero-order chi connectivity index (χ0) is 16.5. The van der Waals surface area contributed by atoms with Gasteiger partial charge in [-0.05, 0) is 42.3 Å². The topological polar surface area (TPSA) is 75.5 Å². The van der Waals surface area contributed by atoms with Gasteiger partial charge >= 0.3 is 0 Å². The summed E-state index contributed by atoms with van der Waals surface area (Å²) in [5, 5.41) is 12.8. The number of nitrogens with one attached hydrogen (secondary N) is 1. The number of rotatable bonds is 3. The third kappa shape index (κ3) is 2.65. The molecule has 1 fully saturated rings. The van der Waals surface area contributed by atoms with Crippen LogP contribution in [0.4, 0.5) is 5.95 Å². The highest BCUT2D eigenvalue weighted by atomic mass is 35.5. The second kappa shape index (κ2) is 6.24. The third-order valence-corrected chi connectivity index (χ3v) is 4.91. The van der Waals surface area contributed by atoms with Crippen LogP contribution >= 0.6 is 11.6 Å². The number of tetrazole rings is 1. The van der Waals surface area contributed by atoms with E-state index in [2.05, 4.69) is 37.3 Å². The van der Waals surface area contributed by atoms with Crippen molar-refractivity contribution >= 4 is 17.5 Å².